The standard InChI is InChI=1S/C5H10O3S/c6-9(7,8)4-3-5-1-2-5/h5H,1-4H2,(H,6,7,8)/p-1. The van der Waals surface area contributed by atoms with Crippen LogP contribution in [0.1, 0.15) is 19.3 Å². The second-order valence-corrected chi connectivity index (χ2v) is 4.02. The zero-order valence-corrected chi connectivity index (χ0v) is 5.86. The van der Waals surface area contributed by atoms with Gasteiger partial charge < -0.3 is 4.55 Å². The fourth-order valence-corrected chi connectivity index (χ4v) is 1.34. The molecule has 0 aliphatic heterocycles. The molecular formula is C5H9O3S-. The quantitative estimate of drug-likeness (QED) is 0.543. The summed E-state index contributed by atoms with van der Waals surface area (Å²) in [6, 6.07) is 0. The lowest BCUT2D eigenvalue weighted by atomic mass is 10.3. The van der Waals surface area contributed by atoms with E-state index in [9.17, 15) is 13.0 Å². The molecule has 0 atom stereocenters. The van der Waals surface area contributed by atoms with Gasteiger partial charge in [-0.2, -0.15) is 0 Å². The third kappa shape index (κ3) is 3.48. The summed E-state index contributed by atoms with van der Waals surface area (Å²) in [5.74, 6) is 0.367. The molecule has 0 unspecified atom stereocenters. The van der Waals surface area contributed by atoms with E-state index in [2.05, 4.69) is 0 Å². The van der Waals surface area contributed by atoms with E-state index in [0.29, 0.717) is 12.3 Å². The van der Waals surface area contributed by atoms with Crippen LogP contribution in [-0.4, -0.2) is 18.7 Å². The first-order valence-corrected chi connectivity index (χ1v) is 4.59. The summed E-state index contributed by atoms with van der Waals surface area (Å²) in [4.78, 5) is 0. The normalized spacial score (nSPS) is 20.1. The molecule has 1 aliphatic rings. The van der Waals surface area contributed by atoms with Crippen molar-refractivity contribution in [1.82, 2.24) is 0 Å². The highest BCUT2D eigenvalue weighted by Gasteiger charge is 2.21. The van der Waals surface area contributed by atoms with Crippen LogP contribution in [0.15, 0.2) is 0 Å². The van der Waals surface area contributed by atoms with Crippen LogP contribution in [0.2, 0.25) is 0 Å². The van der Waals surface area contributed by atoms with Crippen LogP contribution in [0.5, 0.6) is 0 Å². The van der Waals surface area contributed by atoms with Crippen molar-refractivity contribution >= 4 is 10.1 Å². The molecule has 1 rings (SSSR count). The summed E-state index contributed by atoms with van der Waals surface area (Å²) in [6.45, 7) is 0. The van der Waals surface area contributed by atoms with Gasteiger partial charge in [0.1, 0.15) is 0 Å². The summed E-state index contributed by atoms with van der Waals surface area (Å²) in [6.07, 6.45) is 2.79. The molecule has 0 aromatic heterocycles. The minimum atomic E-state index is -3.93. The van der Waals surface area contributed by atoms with Crippen molar-refractivity contribution in [2.75, 3.05) is 5.75 Å². The SMILES string of the molecule is O=S(=O)([O-])CCC1CC1. The maximum absolute atomic E-state index is 10.0. The molecule has 54 valence electrons. The minimum absolute atomic E-state index is 0.169. The number of hydrogen-bond donors (Lipinski definition) is 0. The minimum Gasteiger partial charge on any atom is -0.748 e. The first-order chi connectivity index (χ1) is 4.08. The van der Waals surface area contributed by atoms with E-state index >= 15 is 0 Å². The fraction of sp³-hybridized carbons (Fsp3) is 1.00. The topological polar surface area (TPSA) is 57.2 Å². The summed E-state index contributed by atoms with van der Waals surface area (Å²) in [5, 5.41) is 0. The molecule has 0 saturated heterocycles. The molecule has 0 radical (unpaired) electrons. The molecule has 0 spiro atoms. The van der Waals surface area contributed by atoms with Crippen molar-refractivity contribution in [3.63, 3.8) is 0 Å². The smallest absolute Gasteiger partial charge is 0.0946 e. The zero-order chi connectivity index (χ0) is 6.91. The van der Waals surface area contributed by atoms with Gasteiger partial charge in [0, 0.05) is 5.75 Å². The van der Waals surface area contributed by atoms with E-state index in [4.69, 9.17) is 0 Å². The Hall–Kier alpha value is -0.0900. The highest BCUT2D eigenvalue weighted by atomic mass is 32.2. The summed E-state index contributed by atoms with van der Waals surface area (Å²) in [5.41, 5.74) is 0. The lowest BCUT2D eigenvalue weighted by Crippen LogP contribution is -2.04. The molecule has 3 nitrogen and oxygen atoms in total. The zero-order valence-electron chi connectivity index (χ0n) is 5.04. The van der Waals surface area contributed by atoms with Crippen LogP contribution < -0.4 is 0 Å². The van der Waals surface area contributed by atoms with Crippen molar-refractivity contribution in [2.24, 2.45) is 5.92 Å². The Morgan fingerprint density at radius 2 is 2.00 bits per heavy atom. The van der Waals surface area contributed by atoms with Gasteiger partial charge in [-0.05, 0) is 12.3 Å². The average molecular weight is 149 g/mol. The van der Waals surface area contributed by atoms with E-state index in [1.54, 1.807) is 0 Å². The Kier molecular flexibility index (Phi) is 1.77. The van der Waals surface area contributed by atoms with Gasteiger partial charge in [-0.15, -0.1) is 0 Å². The van der Waals surface area contributed by atoms with Gasteiger partial charge in [-0.1, -0.05) is 12.8 Å². The molecule has 0 aromatic carbocycles. The molecule has 0 bridgehead atoms. The Morgan fingerprint density at radius 3 is 2.33 bits per heavy atom. The Bertz CT molecular complexity index is 178. The van der Waals surface area contributed by atoms with Crippen LogP contribution >= 0.6 is 0 Å². The Balaban J connectivity index is 2.18. The molecule has 1 saturated carbocycles. The van der Waals surface area contributed by atoms with Gasteiger partial charge in [-0.3, -0.25) is 0 Å². The molecule has 1 aliphatic carbocycles. The molecule has 4 heteroatoms. The van der Waals surface area contributed by atoms with Gasteiger partial charge >= 0.3 is 0 Å². The van der Waals surface area contributed by atoms with Crippen molar-refractivity contribution in [1.29, 1.82) is 0 Å². The first kappa shape index (κ1) is 7.02. The van der Waals surface area contributed by atoms with Crippen LogP contribution in [0.4, 0.5) is 0 Å². The van der Waals surface area contributed by atoms with Crippen molar-refractivity contribution < 1.29 is 13.0 Å². The predicted octanol–water partition coefficient (Wildman–Crippen LogP) is 0.332. The van der Waals surface area contributed by atoms with E-state index < -0.39 is 10.1 Å². The second kappa shape index (κ2) is 2.27. The molecule has 0 amide bonds. The molecular weight excluding hydrogens is 140 g/mol. The van der Waals surface area contributed by atoms with Crippen LogP contribution in [0.3, 0.4) is 0 Å². The number of rotatable bonds is 3. The Labute approximate surface area is 54.8 Å². The van der Waals surface area contributed by atoms with Gasteiger partial charge in [0.15, 0.2) is 0 Å². The van der Waals surface area contributed by atoms with Gasteiger partial charge in [-0.25, -0.2) is 8.42 Å². The highest BCUT2D eigenvalue weighted by Crippen LogP contribution is 2.32. The average Bonchev–Trinajstić information content (AvgIpc) is 2.38. The van der Waals surface area contributed by atoms with E-state index in [1.807, 2.05) is 0 Å². The highest BCUT2D eigenvalue weighted by molar-refractivity contribution is 7.85. The molecule has 1 fully saturated rings. The maximum Gasteiger partial charge on any atom is 0.0946 e. The summed E-state index contributed by atoms with van der Waals surface area (Å²) < 4.78 is 30.0. The molecule has 0 aromatic rings. The van der Waals surface area contributed by atoms with Crippen LogP contribution in [-0.2, 0) is 10.1 Å². The van der Waals surface area contributed by atoms with Crippen molar-refractivity contribution in [3.8, 4) is 0 Å². The third-order valence-corrected chi connectivity index (χ3v) is 2.21. The van der Waals surface area contributed by atoms with Gasteiger partial charge in [0.05, 0.1) is 10.1 Å². The number of hydrogen-bond acceptors (Lipinski definition) is 3. The van der Waals surface area contributed by atoms with Crippen LogP contribution in [0, 0.1) is 5.92 Å². The molecule has 0 heterocycles. The third-order valence-electron chi connectivity index (χ3n) is 1.47. The van der Waals surface area contributed by atoms with E-state index in [-0.39, 0.29) is 5.75 Å². The molecule has 9 heavy (non-hydrogen) atoms. The van der Waals surface area contributed by atoms with Crippen molar-refractivity contribution in [3.05, 3.63) is 0 Å². The predicted molar refractivity (Wildman–Crippen MR) is 31.9 cm³/mol. The molecule has 0 N–H and O–H groups in total. The summed E-state index contributed by atoms with van der Waals surface area (Å²) >= 11 is 0. The van der Waals surface area contributed by atoms with E-state index in [0.717, 1.165) is 12.8 Å². The first-order valence-electron chi connectivity index (χ1n) is 3.01. The van der Waals surface area contributed by atoms with E-state index in [1.165, 1.54) is 0 Å². The lowest BCUT2D eigenvalue weighted by Gasteiger charge is -2.03. The lowest BCUT2D eigenvalue weighted by molar-refractivity contribution is 0.459. The Morgan fingerprint density at radius 1 is 1.44 bits per heavy atom. The van der Waals surface area contributed by atoms with Gasteiger partial charge in [0.2, 0.25) is 0 Å². The fourth-order valence-electron chi connectivity index (χ4n) is 0.718. The largest absolute Gasteiger partial charge is 0.748 e. The maximum atomic E-state index is 10.0. The monoisotopic (exact) mass is 149 g/mol. The van der Waals surface area contributed by atoms with Crippen LogP contribution in [0.25, 0.3) is 0 Å². The second-order valence-electron chi connectivity index (χ2n) is 2.49. The van der Waals surface area contributed by atoms with Crippen molar-refractivity contribution in [2.45, 2.75) is 19.3 Å². The summed E-state index contributed by atoms with van der Waals surface area (Å²) in [7, 11) is -3.93. The van der Waals surface area contributed by atoms with Gasteiger partial charge in [0.25, 0.3) is 0 Å².